The maximum Gasteiger partial charge on any atom is 0.472 e. The number of ether oxygens (including phenoxy) is 2. The number of phosphoric acid groups is 1. The number of hydrogen-bond acceptors (Lipinski definition) is 10. The molecular weight excluding hydrogens is 721 g/mol. The molecule has 12 heteroatoms. The molecule has 0 radical (unpaired) electrons. The van der Waals surface area contributed by atoms with Crippen molar-refractivity contribution in [2.75, 3.05) is 26.4 Å². The van der Waals surface area contributed by atoms with Crippen molar-refractivity contribution in [3.05, 3.63) is 71.3 Å². The maximum absolute atomic E-state index is 12.6. The summed E-state index contributed by atoms with van der Waals surface area (Å²) in [5.74, 6) is 1.41. The van der Waals surface area contributed by atoms with Gasteiger partial charge in [-0.15, -0.1) is 0 Å². The molecule has 1 aromatic rings. The zero-order valence-electron chi connectivity index (χ0n) is 34.1. The summed E-state index contributed by atoms with van der Waals surface area (Å²) in [5, 5.41) is 0. The molecule has 0 aliphatic rings. The predicted octanol–water partition coefficient (Wildman–Crippen LogP) is 9.99. The summed E-state index contributed by atoms with van der Waals surface area (Å²) in [5.41, 5.74) is 7.88. The lowest BCUT2D eigenvalue weighted by molar-refractivity contribution is -0.161. The average molecular weight is 792 g/mol. The van der Waals surface area contributed by atoms with Gasteiger partial charge in [0.25, 0.3) is 0 Å². The molecule has 1 unspecified atom stereocenters. The van der Waals surface area contributed by atoms with Crippen LogP contribution in [0.1, 0.15) is 146 Å². The largest absolute Gasteiger partial charge is 0.472 e. The van der Waals surface area contributed by atoms with Crippen molar-refractivity contribution in [1.29, 1.82) is 0 Å². The van der Waals surface area contributed by atoms with Crippen molar-refractivity contribution in [3.8, 4) is 0 Å². The summed E-state index contributed by atoms with van der Waals surface area (Å²) in [6.45, 7) is 7.60. The first-order valence-corrected chi connectivity index (χ1v) is 21.9. The molecule has 1 rings (SSSR count). The third kappa shape index (κ3) is 26.4. The van der Waals surface area contributed by atoms with Gasteiger partial charge in [0.2, 0.25) is 0 Å². The Bertz CT molecular complexity index is 1380. The molecular formula is C43H70NO10P. The fraction of sp³-hybridized carbons (Fsp3) is 0.651. The lowest BCUT2D eigenvalue weighted by Crippen LogP contribution is -2.29. The Morgan fingerprint density at radius 1 is 0.727 bits per heavy atom. The fourth-order valence-corrected chi connectivity index (χ4v) is 6.33. The summed E-state index contributed by atoms with van der Waals surface area (Å²) in [6.07, 6.45) is 30.0. The van der Waals surface area contributed by atoms with Crippen molar-refractivity contribution >= 4 is 25.5 Å². The van der Waals surface area contributed by atoms with E-state index in [0.29, 0.717) is 25.7 Å². The van der Waals surface area contributed by atoms with E-state index < -0.39 is 32.5 Å². The summed E-state index contributed by atoms with van der Waals surface area (Å²) in [4.78, 5) is 46.6. The molecule has 0 aliphatic heterocycles. The molecule has 0 amide bonds. The Labute approximate surface area is 330 Å². The number of allylic oxidation sites excluding steroid dienone is 8. The summed E-state index contributed by atoms with van der Waals surface area (Å²) >= 11 is 0. The van der Waals surface area contributed by atoms with Crippen LogP contribution >= 0.6 is 7.82 Å². The number of carbonyl (C=O) groups is 3. The number of hydrogen-bond donors (Lipinski definition) is 2. The number of rotatable bonds is 34. The molecule has 0 aromatic carbocycles. The second kappa shape index (κ2) is 32.1. The fourth-order valence-electron chi connectivity index (χ4n) is 5.57. The van der Waals surface area contributed by atoms with Gasteiger partial charge >= 0.3 is 19.8 Å². The van der Waals surface area contributed by atoms with Gasteiger partial charge in [-0.2, -0.15) is 0 Å². The highest BCUT2D eigenvalue weighted by atomic mass is 31.2. The predicted molar refractivity (Wildman–Crippen MR) is 219 cm³/mol. The van der Waals surface area contributed by atoms with Crippen molar-refractivity contribution in [2.24, 2.45) is 5.73 Å². The smallest absolute Gasteiger partial charge is 0.466 e. The van der Waals surface area contributed by atoms with Crippen molar-refractivity contribution in [1.82, 2.24) is 0 Å². The number of esters is 2. The highest BCUT2D eigenvalue weighted by molar-refractivity contribution is 7.47. The number of nitrogens with two attached hydrogens (primary N) is 1. The first-order valence-electron chi connectivity index (χ1n) is 20.4. The van der Waals surface area contributed by atoms with Crippen LogP contribution in [-0.2, 0) is 50.3 Å². The van der Waals surface area contributed by atoms with Crippen LogP contribution in [0.4, 0.5) is 0 Å². The quantitative estimate of drug-likeness (QED) is 0.0170. The molecule has 0 spiro atoms. The van der Waals surface area contributed by atoms with Crippen LogP contribution in [0.5, 0.6) is 0 Å². The Morgan fingerprint density at radius 2 is 1.36 bits per heavy atom. The van der Waals surface area contributed by atoms with E-state index in [0.717, 1.165) is 95.0 Å². The third-order valence-electron chi connectivity index (χ3n) is 8.87. The number of unbranched alkanes of at least 4 members (excludes halogenated alkanes) is 8. The van der Waals surface area contributed by atoms with Crippen LogP contribution in [0.15, 0.2) is 53.0 Å². The van der Waals surface area contributed by atoms with Gasteiger partial charge in [-0.3, -0.25) is 23.4 Å². The first kappa shape index (κ1) is 49.9. The number of carbonyl (C=O) groups excluding carboxylic acids is 3. The summed E-state index contributed by atoms with van der Waals surface area (Å²) in [6, 6.07) is 0. The molecule has 1 heterocycles. The van der Waals surface area contributed by atoms with Gasteiger partial charge in [0.1, 0.15) is 18.1 Å². The molecule has 55 heavy (non-hydrogen) atoms. The van der Waals surface area contributed by atoms with Crippen LogP contribution in [0, 0.1) is 13.8 Å². The zero-order valence-corrected chi connectivity index (χ0v) is 35.0. The van der Waals surface area contributed by atoms with Gasteiger partial charge in [0.05, 0.1) is 13.2 Å². The molecule has 0 aliphatic carbocycles. The van der Waals surface area contributed by atoms with Gasteiger partial charge < -0.3 is 24.5 Å². The lowest BCUT2D eigenvalue weighted by Gasteiger charge is -2.19. The zero-order chi connectivity index (χ0) is 40.6. The van der Waals surface area contributed by atoms with E-state index >= 15 is 0 Å². The minimum atomic E-state index is -4.42. The van der Waals surface area contributed by atoms with Crippen LogP contribution < -0.4 is 5.73 Å². The third-order valence-corrected chi connectivity index (χ3v) is 9.85. The van der Waals surface area contributed by atoms with Crippen LogP contribution in [-0.4, -0.2) is 55.1 Å². The van der Waals surface area contributed by atoms with Gasteiger partial charge in [0, 0.05) is 38.6 Å². The Hall–Kier alpha value is -3.08. The molecule has 11 nitrogen and oxygen atoms in total. The molecule has 0 saturated carbocycles. The van der Waals surface area contributed by atoms with Crippen molar-refractivity contribution < 1.29 is 46.8 Å². The van der Waals surface area contributed by atoms with Crippen molar-refractivity contribution in [3.63, 3.8) is 0 Å². The maximum atomic E-state index is 12.6. The second-order valence-electron chi connectivity index (χ2n) is 13.8. The van der Waals surface area contributed by atoms with Gasteiger partial charge in [-0.05, 0) is 82.4 Å². The Morgan fingerprint density at radius 3 is 2.07 bits per heavy atom. The molecule has 3 N–H and O–H groups in total. The number of furan rings is 1. The Balaban J connectivity index is 2.35. The molecule has 0 bridgehead atoms. The normalized spacial score (nSPS) is 13.7. The van der Waals surface area contributed by atoms with E-state index in [9.17, 15) is 23.8 Å². The molecule has 312 valence electrons. The minimum absolute atomic E-state index is 0.0267. The van der Waals surface area contributed by atoms with Gasteiger partial charge in [-0.1, -0.05) is 94.9 Å². The summed E-state index contributed by atoms with van der Waals surface area (Å²) < 4.78 is 38.8. The van der Waals surface area contributed by atoms with Gasteiger partial charge in [0.15, 0.2) is 11.9 Å². The van der Waals surface area contributed by atoms with E-state index in [1.165, 1.54) is 11.1 Å². The topological polar surface area (TPSA) is 165 Å². The lowest BCUT2D eigenvalue weighted by atomic mass is 10.0. The van der Waals surface area contributed by atoms with E-state index in [1.807, 2.05) is 24.3 Å². The molecule has 0 fully saturated rings. The number of aryl methyl sites for hydroxylation is 2. The second-order valence-corrected chi connectivity index (χ2v) is 15.2. The SMILES string of the molecule is CCCCCC(=O)/C=C/C=C\C/C=C\C/C=C\CCCC(=O)OC[C@H](COP(=O)(O)OCCN)OC(=O)CCCCCCCCc1oc(CCC)c(C)c1C. The van der Waals surface area contributed by atoms with E-state index in [-0.39, 0.29) is 38.4 Å². The van der Waals surface area contributed by atoms with Crippen LogP contribution in [0.3, 0.4) is 0 Å². The number of phosphoric ester groups is 1. The molecule has 1 aromatic heterocycles. The van der Waals surface area contributed by atoms with Crippen molar-refractivity contribution in [2.45, 2.75) is 156 Å². The summed E-state index contributed by atoms with van der Waals surface area (Å²) in [7, 11) is -4.42. The van der Waals surface area contributed by atoms with E-state index in [1.54, 1.807) is 12.2 Å². The standard InChI is InChI=1S/C43H70NO10P/c1-5-7-21-27-38(45)28-22-17-13-11-9-8-10-12-14-19-24-30-42(46)50-34-39(35-52-55(48,49)51-33-32-44)53-43(47)31-25-20-16-15-18-23-29-41-37(4)36(3)40(54-41)26-6-2/h8-9,12-14,17,22,28,39H,5-7,10-11,15-16,18-21,23-27,29-35,44H2,1-4H3,(H,48,49)/b9-8-,14-12-,17-13-,28-22+/t39-/m1/s1. The Kier molecular flexibility index (Phi) is 29.1. The van der Waals surface area contributed by atoms with Gasteiger partial charge in [-0.25, -0.2) is 4.57 Å². The first-order chi connectivity index (χ1) is 26.5. The van der Waals surface area contributed by atoms with E-state index in [2.05, 4.69) is 39.8 Å². The van der Waals surface area contributed by atoms with Crippen LogP contribution in [0.25, 0.3) is 0 Å². The number of ketones is 1. The molecule has 2 atom stereocenters. The average Bonchev–Trinajstić information content (AvgIpc) is 3.42. The monoisotopic (exact) mass is 791 g/mol. The molecule has 0 saturated heterocycles. The van der Waals surface area contributed by atoms with E-state index in [4.69, 9.17) is 28.7 Å². The minimum Gasteiger partial charge on any atom is -0.466 e. The highest BCUT2D eigenvalue weighted by Gasteiger charge is 2.26. The highest BCUT2D eigenvalue weighted by Crippen LogP contribution is 2.43. The van der Waals surface area contributed by atoms with Crippen LogP contribution in [0.2, 0.25) is 0 Å².